The van der Waals surface area contributed by atoms with Gasteiger partial charge in [0.2, 0.25) is 5.91 Å². The number of carbonyl (C=O) groups excluding carboxylic acids is 2. The molecule has 0 spiro atoms. The van der Waals surface area contributed by atoms with Crippen LogP contribution in [-0.4, -0.2) is 36.4 Å². The van der Waals surface area contributed by atoms with Gasteiger partial charge in [-0.2, -0.15) is 0 Å². The van der Waals surface area contributed by atoms with Gasteiger partial charge < -0.3 is 20.1 Å². The summed E-state index contributed by atoms with van der Waals surface area (Å²) in [6, 6.07) is 13.6. The molecular formula is C26H34N2O4. The molecule has 6 nitrogen and oxygen atoms in total. The van der Waals surface area contributed by atoms with Crippen molar-refractivity contribution in [3.63, 3.8) is 0 Å². The first-order chi connectivity index (χ1) is 15.2. The van der Waals surface area contributed by atoms with Crippen molar-refractivity contribution in [3.8, 4) is 11.5 Å². The number of hydrogen-bond donors (Lipinski definition) is 1. The molecule has 172 valence electrons. The number of benzene rings is 2. The summed E-state index contributed by atoms with van der Waals surface area (Å²) in [6.45, 7) is 10.4. The molecule has 2 aromatic carbocycles. The number of carbonyl (C=O) groups is 2. The van der Waals surface area contributed by atoms with Gasteiger partial charge in [-0.15, -0.1) is 0 Å². The van der Waals surface area contributed by atoms with Gasteiger partial charge in [0.15, 0.2) is 0 Å². The van der Waals surface area contributed by atoms with E-state index < -0.39 is 0 Å². The second-order valence-electron chi connectivity index (χ2n) is 9.29. The van der Waals surface area contributed by atoms with E-state index in [0.717, 1.165) is 11.3 Å². The molecule has 0 atom stereocenters. The number of nitrogens with zero attached hydrogens (tertiary/aromatic N) is 1. The molecule has 2 amide bonds. The Morgan fingerprint density at radius 2 is 1.69 bits per heavy atom. The van der Waals surface area contributed by atoms with Crippen LogP contribution in [0.2, 0.25) is 0 Å². The lowest BCUT2D eigenvalue weighted by Gasteiger charge is -2.30. The van der Waals surface area contributed by atoms with Crippen molar-refractivity contribution in [2.24, 2.45) is 11.7 Å². The highest BCUT2D eigenvalue weighted by atomic mass is 16.5. The Kier molecular flexibility index (Phi) is 7.44. The van der Waals surface area contributed by atoms with E-state index in [2.05, 4.69) is 32.9 Å². The summed E-state index contributed by atoms with van der Waals surface area (Å²) < 4.78 is 11.8. The SMILES string of the molecule is CCOc1ccc(C(=O)N2CCC(C(N)=O)CC2)cc1COc1ccc(C(C)(C)C)cc1. The van der Waals surface area contributed by atoms with Crippen molar-refractivity contribution < 1.29 is 19.1 Å². The standard InChI is InChI=1S/C26H34N2O4/c1-5-31-23-11-6-19(25(30)28-14-12-18(13-15-28)24(27)29)16-20(23)17-32-22-9-7-21(8-10-22)26(2,3)4/h6-11,16,18H,5,12-15,17H2,1-4H3,(H2,27,29). The van der Waals surface area contributed by atoms with Gasteiger partial charge in [-0.05, 0) is 61.1 Å². The normalized spacial score (nSPS) is 14.8. The maximum atomic E-state index is 13.0. The average Bonchev–Trinajstić information content (AvgIpc) is 2.78. The molecule has 1 aliphatic heterocycles. The Labute approximate surface area is 190 Å². The summed E-state index contributed by atoms with van der Waals surface area (Å²) in [6.07, 6.45) is 1.22. The zero-order chi connectivity index (χ0) is 23.3. The fraction of sp³-hybridized carbons (Fsp3) is 0.462. The molecule has 1 heterocycles. The summed E-state index contributed by atoms with van der Waals surface area (Å²) in [5, 5.41) is 0. The van der Waals surface area contributed by atoms with Gasteiger partial charge in [0, 0.05) is 30.1 Å². The molecule has 0 aliphatic carbocycles. The minimum atomic E-state index is -0.284. The van der Waals surface area contributed by atoms with E-state index in [-0.39, 0.29) is 23.1 Å². The smallest absolute Gasteiger partial charge is 0.253 e. The molecule has 0 aromatic heterocycles. The lowest BCUT2D eigenvalue weighted by Crippen LogP contribution is -2.41. The molecule has 0 saturated carbocycles. The van der Waals surface area contributed by atoms with Crippen molar-refractivity contribution in [1.29, 1.82) is 0 Å². The highest BCUT2D eigenvalue weighted by Gasteiger charge is 2.27. The third kappa shape index (κ3) is 5.81. The summed E-state index contributed by atoms with van der Waals surface area (Å²) in [7, 11) is 0. The first-order valence-corrected chi connectivity index (χ1v) is 11.3. The lowest BCUT2D eigenvalue weighted by atomic mass is 9.87. The number of amides is 2. The monoisotopic (exact) mass is 438 g/mol. The lowest BCUT2D eigenvalue weighted by molar-refractivity contribution is -0.123. The van der Waals surface area contributed by atoms with E-state index in [9.17, 15) is 9.59 Å². The zero-order valence-electron chi connectivity index (χ0n) is 19.5. The molecule has 6 heteroatoms. The number of piperidine rings is 1. The second kappa shape index (κ2) is 10.1. The minimum absolute atomic E-state index is 0.0493. The van der Waals surface area contributed by atoms with Gasteiger partial charge in [-0.3, -0.25) is 9.59 Å². The molecule has 2 N–H and O–H groups in total. The van der Waals surface area contributed by atoms with Crippen LogP contribution in [-0.2, 0) is 16.8 Å². The predicted octanol–water partition coefficient (Wildman–Crippen LogP) is 4.30. The Morgan fingerprint density at radius 3 is 2.25 bits per heavy atom. The molecular weight excluding hydrogens is 404 g/mol. The van der Waals surface area contributed by atoms with Gasteiger partial charge in [-0.1, -0.05) is 32.9 Å². The first kappa shape index (κ1) is 23.6. The van der Waals surface area contributed by atoms with Crippen LogP contribution < -0.4 is 15.2 Å². The van der Waals surface area contributed by atoms with Crippen LogP contribution in [0.5, 0.6) is 11.5 Å². The van der Waals surface area contributed by atoms with Gasteiger partial charge in [-0.25, -0.2) is 0 Å². The van der Waals surface area contributed by atoms with E-state index in [0.29, 0.717) is 50.5 Å². The zero-order valence-corrected chi connectivity index (χ0v) is 19.5. The van der Waals surface area contributed by atoms with Crippen molar-refractivity contribution >= 4 is 11.8 Å². The molecule has 1 saturated heterocycles. The van der Waals surface area contributed by atoms with Crippen molar-refractivity contribution in [1.82, 2.24) is 4.90 Å². The van der Waals surface area contributed by atoms with Gasteiger partial charge >= 0.3 is 0 Å². The van der Waals surface area contributed by atoms with Crippen LogP contribution >= 0.6 is 0 Å². The highest BCUT2D eigenvalue weighted by Crippen LogP contribution is 2.27. The predicted molar refractivity (Wildman–Crippen MR) is 125 cm³/mol. The van der Waals surface area contributed by atoms with Crippen molar-refractivity contribution in [2.75, 3.05) is 19.7 Å². The van der Waals surface area contributed by atoms with E-state index >= 15 is 0 Å². The Hall–Kier alpha value is -3.02. The molecule has 0 unspecified atom stereocenters. The number of rotatable bonds is 7. The van der Waals surface area contributed by atoms with E-state index in [1.165, 1.54) is 5.56 Å². The van der Waals surface area contributed by atoms with Crippen molar-refractivity contribution in [2.45, 2.75) is 52.6 Å². The Balaban J connectivity index is 1.71. The second-order valence-corrected chi connectivity index (χ2v) is 9.29. The highest BCUT2D eigenvalue weighted by molar-refractivity contribution is 5.94. The molecule has 1 aliphatic rings. The van der Waals surface area contributed by atoms with Crippen LogP contribution in [0.15, 0.2) is 42.5 Å². The third-order valence-corrected chi connectivity index (χ3v) is 5.91. The summed E-state index contributed by atoms with van der Waals surface area (Å²) in [5.74, 6) is 1.00. The third-order valence-electron chi connectivity index (χ3n) is 5.91. The number of likely N-dealkylation sites (tertiary alicyclic amines) is 1. The summed E-state index contributed by atoms with van der Waals surface area (Å²) >= 11 is 0. The van der Waals surface area contributed by atoms with Crippen LogP contribution in [0.3, 0.4) is 0 Å². The first-order valence-electron chi connectivity index (χ1n) is 11.3. The topological polar surface area (TPSA) is 81.9 Å². The molecule has 2 aromatic rings. The van der Waals surface area contributed by atoms with Crippen LogP contribution in [0.1, 0.15) is 62.0 Å². The van der Waals surface area contributed by atoms with Gasteiger partial charge in [0.1, 0.15) is 18.1 Å². The van der Waals surface area contributed by atoms with Gasteiger partial charge in [0.05, 0.1) is 6.61 Å². The fourth-order valence-corrected chi connectivity index (χ4v) is 3.88. The quantitative estimate of drug-likeness (QED) is 0.699. The number of ether oxygens (including phenoxy) is 2. The molecule has 1 fully saturated rings. The summed E-state index contributed by atoms with van der Waals surface area (Å²) in [4.78, 5) is 26.2. The molecule has 0 radical (unpaired) electrons. The fourth-order valence-electron chi connectivity index (χ4n) is 3.88. The molecule has 0 bridgehead atoms. The van der Waals surface area contributed by atoms with E-state index in [4.69, 9.17) is 15.2 Å². The van der Waals surface area contributed by atoms with Gasteiger partial charge in [0.25, 0.3) is 5.91 Å². The Morgan fingerprint density at radius 1 is 1.03 bits per heavy atom. The maximum absolute atomic E-state index is 13.0. The number of primary amides is 1. The largest absolute Gasteiger partial charge is 0.493 e. The van der Waals surface area contributed by atoms with E-state index in [1.54, 1.807) is 11.0 Å². The van der Waals surface area contributed by atoms with Crippen LogP contribution in [0.25, 0.3) is 0 Å². The maximum Gasteiger partial charge on any atom is 0.253 e. The Bertz CT molecular complexity index is 939. The van der Waals surface area contributed by atoms with E-state index in [1.807, 2.05) is 31.2 Å². The van der Waals surface area contributed by atoms with Crippen LogP contribution in [0, 0.1) is 5.92 Å². The summed E-state index contributed by atoms with van der Waals surface area (Å²) in [5.41, 5.74) is 8.15. The number of hydrogen-bond acceptors (Lipinski definition) is 4. The van der Waals surface area contributed by atoms with Crippen LogP contribution in [0.4, 0.5) is 0 Å². The molecule has 32 heavy (non-hydrogen) atoms. The molecule has 3 rings (SSSR count). The average molecular weight is 439 g/mol. The number of nitrogens with two attached hydrogens (primary N) is 1. The minimum Gasteiger partial charge on any atom is -0.493 e. The van der Waals surface area contributed by atoms with Crippen molar-refractivity contribution in [3.05, 3.63) is 59.2 Å².